The number of hydrogen-bond donors (Lipinski definition) is 1. The van der Waals surface area contributed by atoms with Crippen molar-refractivity contribution in [1.29, 1.82) is 0 Å². The third-order valence-electron chi connectivity index (χ3n) is 6.13. The minimum Gasteiger partial charge on any atom is -0.368 e. The van der Waals surface area contributed by atoms with Crippen LogP contribution in [0.25, 0.3) is 0 Å². The van der Waals surface area contributed by atoms with Gasteiger partial charge in [0, 0.05) is 47.3 Å². The van der Waals surface area contributed by atoms with Crippen LogP contribution in [0.1, 0.15) is 33.3 Å². The minimum atomic E-state index is -0.269. The molecule has 2 aromatic carbocycles. The van der Waals surface area contributed by atoms with Gasteiger partial charge in [0.05, 0.1) is 11.6 Å². The van der Waals surface area contributed by atoms with Gasteiger partial charge in [0.25, 0.3) is 5.91 Å². The second kappa shape index (κ2) is 9.11. The Labute approximate surface area is 200 Å². The van der Waals surface area contributed by atoms with E-state index in [4.69, 9.17) is 11.6 Å². The fraction of sp³-hybridized carbons (Fsp3) is 0.292. The zero-order valence-electron chi connectivity index (χ0n) is 17.8. The normalized spacial score (nSPS) is 17.7. The highest BCUT2D eigenvalue weighted by Gasteiger charge is 2.36. The van der Waals surface area contributed by atoms with Crippen LogP contribution < -0.4 is 10.2 Å². The van der Waals surface area contributed by atoms with E-state index in [-0.39, 0.29) is 23.5 Å². The van der Waals surface area contributed by atoms with Crippen LogP contribution in [0.2, 0.25) is 5.02 Å². The monoisotopic (exact) mass is 484 g/mol. The van der Waals surface area contributed by atoms with Gasteiger partial charge < -0.3 is 9.80 Å². The van der Waals surface area contributed by atoms with E-state index in [0.29, 0.717) is 41.9 Å². The number of halogens is 2. The molecule has 1 N–H and O–H groups in total. The fourth-order valence-electron chi connectivity index (χ4n) is 4.35. The topological polar surface area (TPSA) is 65.5 Å². The quantitative estimate of drug-likeness (QED) is 0.589. The van der Waals surface area contributed by atoms with Crippen molar-refractivity contribution in [2.45, 2.75) is 18.8 Å². The standard InChI is InChI=1S/C24H22ClFN4O2S/c25-16-3-1-15(2-4-16)22(31)28-24-27-21-19(9-10-20(21)33-24)23(32)30-13-11-29(12-14-30)18-7-5-17(26)6-8-18/h1-8,19H,9-14H2,(H,27,28,31). The number of piperazine rings is 1. The number of fused-ring (bicyclic) bond motifs is 1. The van der Waals surface area contributed by atoms with Gasteiger partial charge in [0.15, 0.2) is 5.13 Å². The third-order valence-corrected chi connectivity index (χ3v) is 7.42. The lowest BCUT2D eigenvalue weighted by molar-refractivity contribution is -0.133. The number of hydrogen-bond acceptors (Lipinski definition) is 5. The summed E-state index contributed by atoms with van der Waals surface area (Å²) in [5.74, 6) is -0.682. The molecule has 0 radical (unpaired) electrons. The lowest BCUT2D eigenvalue weighted by Crippen LogP contribution is -2.50. The Bertz CT molecular complexity index is 1170. The third kappa shape index (κ3) is 4.58. The Balaban J connectivity index is 1.22. The number of thiazole rings is 1. The Hall–Kier alpha value is -2.97. The number of carbonyl (C=O) groups excluding carboxylic acids is 2. The number of nitrogens with one attached hydrogen (secondary N) is 1. The first-order chi connectivity index (χ1) is 16.0. The van der Waals surface area contributed by atoms with Crippen LogP contribution in [-0.2, 0) is 11.2 Å². The van der Waals surface area contributed by atoms with Crippen LogP contribution in [-0.4, -0.2) is 47.9 Å². The minimum absolute atomic E-state index is 0.0911. The molecule has 1 aliphatic carbocycles. The van der Waals surface area contributed by atoms with Gasteiger partial charge in [-0.1, -0.05) is 11.6 Å². The summed E-state index contributed by atoms with van der Waals surface area (Å²) in [6, 6.07) is 13.1. The zero-order valence-corrected chi connectivity index (χ0v) is 19.3. The maximum Gasteiger partial charge on any atom is 0.257 e. The average Bonchev–Trinajstić information content (AvgIpc) is 3.40. The number of amides is 2. The molecule has 1 aliphatic heterocycles. The molecular weight excluding hydrogens is 463 g/mol. The molecule has 1 atom stereocenters. The highest BCUT2D eigenvalue weighted by Crippen LogP contribution is 2.39. The Morgan fingerprint density at radius 1 is 1.03 bits per heavy atom. The summed E-state index contributed by atoms with van der Waals surface area (Å²) >= 11 is 7.32. The van der Waals surface area contributed by atoms with Gasteiger partial charge in [-0.3, -0.25) is 14.9 Å². The summed E-state index contributed by atoms with van der Waals surface area (Å²) in [5.41, 5.74) is 2.26. The van der Waals surface area contributed by atoms with E-state index in [1.165, 1.54) is 23.5 Å². The molecule has 5 rings (SSSR count). The molecule has 3 aromatic rings. The van der Waals surface area contributed by atoms with Crippen LogP contribution in [0, 0.1) is 5.82 Å². The smallest absolute Gasteiger partial charge is 0.257 e. The van der Waals surface area contributed by atoms with Crippen LogP contribution in [0.5, 0.6) is 0 Å². The predicted octanol–water partition coefficient (Wildman–Crippen LogP) is 4.57. The average molecular weight is 485 g/mol. The second-order valence-corrected chi connectivity index (χ2v) is 9.69. The number of rotatable bonds is 4. The van der Waals surface area contributed by atoms with Crippen molar-refractivity contribution in [3.63, 3.8) is 0 Å². The van der Waals surface area contributed by atoms with E-state index < -0.39 is 0 Å². The van der Waals surface area contributed by atoms with Crippen molar-refractivity contribution in [1.82, 2.24) is 9.88 Å². The maximum atomic E-state index is 13.3. The summed E-state index contributed by atoms with van der Waals surface area (Å²) in [4.78, 5) is 35.5. The first kappa shape index (κ1) is 21.9. The van der Waals surface area contributed by atoms with E-state index in [0.717, 1.165) is 29.1 Å². The molecule has 0 saturated carbocycles. The molecule has 1 aromatic heterocycles. The fourth-order valence-corrected chi connectivity index (χ4v) is 5.51. The SMILES string of the molecule is O=C(Nc1nc2c(s1)CCC2C(=O)N1CCN(c2ccc(F)cc2)CC1)c1ccc(Cl)cc1. The first-order valence-electron chi connectivity index (χ1n) is 10.8. The molecule has 1 fully saturated rings. The number of benzene rings is 2. The van der Waals surface area contributed by atoms with E-state index in [2.05, 4.69) is 15.2 Å². The second-order valence-electron chi connectivity index (χ2n) is 8.17. The molecule has 0 bridgehead atoms. The van der Waals surface area contributed by atoms with Crippen LogP contribution >= 0.6 is 22.9 Å². The summed E-state index contributed by atoms with van der Waals surface area (Å²) in [7, 11) is 0. The van der Waals surface area contributed by atoms with Crippen molar-refractivity contribution < 1.29 is 14.0 Å². The number of aryl methyl sites for hydroxylation is 1. The van der Waals surface area contributed by atoms with E-state index in [1.807, 2.05) is 4.90 Å². The van der Waals surface area contributed by atoms with E-state index in [9.17, 15) is 14.0 Å². The van der Waals surface area contributed by atoms with Gasteiger partial charge in [0.2, 0.25) is 5.91 Å². The van der Waals surface area contributed by atoms with Gasteiger partial charge in [-0.2, -0.15) is 0 Å². The molecule has 2 aliphatic rings. The highest BCUT2D eigenvalue weighted by molar-refractivity contribution is 7.16. The molecule has 1 saturated heterocycles. The Kier molecular flexibility index (Phi) is 6.03. The maximum absolute atomic E-state index is 13.3. The number of anilines is 2. The summed E-state index contributed by atoms with van der Waals surface area (Å²) in [6.45, 7) is 2.64. The molecule has 6 nitrogen and oxygen atoms in total. The molecule has 33 heavy (non-hydrogen) atoms. The number of aromatic nitrogens is 1. The molecular formula is C24H22ClFN4O2S. The summed E-state index contributed by atoms with van der Waals surface area (Å²) < 4.78 is 13.2. The Morgan fingerprint density at radius 3 is 2.42 bits per heavy atom. The highest BCUT2D eigenvalue weighted by atomic mass is 35.5. The van der Waals surface area contributed by atoms with Gasteiger partial charge in [-0.05, 0) is 61.4 Å². The lowest BCUT2D eigenvalue weighted by atomic mass is 10.1. The van der Waals surface area contributed by atoms with Crippen molar-refractivity contribution in [2.24, 2.45) is 0 Å². The lowest BCUT2D eigenvalue weighted by Gasteiger charge is -2.37. The summed E-state index contributed by atoms with van der Waals surface area (Å²) in [6.07, 6.45) is 1.53. The van der Waals surface area contributed by atoms with E-state index >= 15 is 0 Å². The van der Waals surface area contributed by atoms with Crippen molar-refractivity contribution in [3.05, 3.63) is 75.5 Å². The van der Waals surface area contributed by atoms with Crippen LogP contribution in [0.3, 0.4) is 0 Å². The number of nitrogens with zero attached hydrogens (tertiary/aromatic N) is 3. The largest absolute Gasteiger partial charge is 0.368 e. The summed E-state index contributed by atoms with van der Waals surface area (Å²) in [5, 5.41) is 3.92. The molecule has 9 heteroatoms. The van der Waals surface area contributed by atoms with Crippen molar-refractivity contribution >= 4 is 45.6 Å². The molecule has 2 heterocycles. The number of carbonyl (C=O) groups is 2. The van der Waals surface area contributed by atoms with Crippen LogP contribution in [0.15, 0.2) is 48.5 Å². The van der Waals surface area contributed by atoms with Gasteiger partial charge in [-0.15, -0.1) is 11.3 Å². The first-order valence-corrected chi connectivity index (χ1v) is 12.0. The Morgan fingerprint density at radius 2 is 1.73 bits per heavy atom. The molecule has 0 spiro atoms. The van der Waals surface area contributed by atoms with Gasteiger partial charge in [-0.25, -0.2) is 9.37 Å². The van der Waals surface area contributed by atoms with Crippen molar-refractivity contribution in [3.8, 4) is 0 Å². The van der Waals surface area contributed by atoms with Gasteiger partial charge in [0.1, 0.15) is 5.82 Å². The van der Waals surface area contributed by atoms with Gasteiger partial charge >= 0.3 is 0 Å². The molecule has 2 amide bonds. The van der Waals surface area contributed by atoms with Crippen molar-refractivity contribution in [2.75, 3.05) is 36.4 Å². The predicted molar refractivity (Wildman–Crippen MR) is 128 cm³/mol. The van der Waals surface area contributed by atoms with Crippen LogP contribution in [0.4, 0.5) is 15.2 Å². The van der Waals surface area contributed by atoms with E-state index in [1.54, 1.807) is 36.4 Å². The zero-order chi connectivity index (χ0) is 22.9. The molecule has 170 valence electrons. The molecule has 1 unspecified atom stereocenters.